The van der Waals surface area contributed by atoms with E-state index in [1.54, 1.807) is 6.07 Å². The van der Waals surface area contributed by atoms with Crippen molar-refractivity contribution in [3.8, 4) is 0 Å². The van der Waals surface area contributed by atoms with Gasteiger partial charge in [-0.2, -0.15) is 0 Å². The maximum Gasteiger partial charge on any atom is 0.254 e. The summed E-state index contributed by atoms with van der Waals surface area (Å²) in [5.41, 5.74) is 9.78. The van der Waals surface area contributed by atoms with Crippen LogP contribution in [0.2, 0.25) is 0 Å². The Morgan fingerprint density at radius 3 is 2.52 bits per heavy atom. The van der Waals surface area contributed by atoms with Crippen molar-refractivity contribution in [2.75, 3.05) is 6.54 Å². The molecule has 21 heavy (non-hydrogen) atoms. The first-order valence-electron chi connectivity index (χ1n) is 6.72. The zero-order valence-corrected chi connectivity index (χ0v) is 13.1. The number of hydrogen-bond acceptors (Lipinski definition) is 3. The molecule has 0 atom stereocenters. The number of carbonyl (C=O) groups is 1. The fourth-order valence-electron chi connectivity index (χ4n) is 2.25. The van der Waals surface area contributed by atoms with E-state index in [0.717, 1.165) is 6.42 Å². The first-order valence-corrected chi connectivity index (χ1v) is 6.72. The molecule has 2 rings (SSSR count). The van der Waals surface area contributed by atoms with Gasteiger partial charge in [-0.1, -0.05) is 18.2 Å². The van der Waals surface area contributed by atoms with Gasteiger partial charge in [-0.25, -0.2) is 0 Å². The van der Waals surface area contributed by atoms with Crippen molar-refractivity contribution in [1.29, 1.82) is 0 Å². The minimum absolute atomic E-state index is 0. The van der Waals surface area contributed by atoms with Crippen molar-refractivity contribution in [3.05, 3.63) is 58.5 Å². The van der Waals surface area contributed by atoms with E-state index < -0.39 is 0 Å². The Hall–Kier alpha value is -1.78. The predicted octanol–water partition coefficient (Wildman–Crippen LogP) is 2.75. The maximum absolute atomic E-state index is 11.9. The molecule has 0 aliphatic carbocycles. The Balaban J connectivity index is 0.00000220. The average Bonchev–Trinajstić information content (AvgIpc) is 2.91. The zero-order valence-electron chi connectivity index (χ0n) is 12.3. The van der Waals surface area contributed by atoms with Crippen LogP contribution in [0.5, 0.6) is 0 Å². The highest BCUT2D eigenvalue weighted by Crippen LogP contribution is 2.13. The highest BCUT2D eigenvalue weighted by Gasteiger charge is 2.09. The van der Waals surface area contributed by atoms with Crippen LogP contribution in [0.3, 0.4) is 0 Å². The molecule has 0 saturated carbocycles. The van der Waals surface area contributed by atoms with Crippen LogP contribution < -0.4 is 11.1 Å². The van der Waals surface area contributed by atoms with Gasteiger partial charge < -0.3 is 15.5 Å². The van der Waals surface area contributed by atoms with E-state index >= 15 is 0 Å². The molecular formula is C16H21ClN2O2. The van der Waals surface area contributed by atoms with Gasteiger partial charge in [-0.05, 0) is 43.0 Å². The number of halogens is 1. The van der Waals surface area contributed by atoms with E-state index in [-0.39, 0.29) is 18.3 Å². The summed E-state index contributed by atoms with van der Waals surface area (Å²) in [6.07, 6.45) is 2.27. The maximum atomic E-state index is 11.9. The number of hydrogen-bond donors (Lipinski definition) is 2. The van der Waals surface area contributed by atoms with Crippen LogP contribution in [-0.2, 0) is 13.0 Å². The first kappa shape index (κ1) is 17.3. The van der Waals surface area contributed by atoms with E-state index in [4.69, 9.17) is 10.2 Å². The third kappa shape index (κ3) is 4.34. The van der Waals surface area contributed by atoms with Crippen LogP contribution in [0, 0.1) is 13.8 Å². The van der Waals surface area contributed by atoms with E-state index in [0.29, 0.717) is 24.4 Å². The number of rotatable bonds is 5. The van der Waals surface area contributed by atoms with E-state index in [9.17, 15) is 4.79 Å². The molecule has 1 aromatic heterocycles. The third-order valence-electron chi connectivity index (χ3n) is 3.42. The lowest BCUT2D eigenvalue weighted by Crippen LogP contribution is -2.25. The molecule has 1 heterocycles. The van der Waals surface area contributed by atoms with Crippen molar-refractivity contribution in [2.24, 2.45) is 5.73 Å². The van der Waals surface area contributed by atoms with Crippen LogP contribution in [-0.4, -0.2) is 12.5 Å². The van der Waals surface area contributed by atoms with E-state index in [1.807, 2.05) is 6.07 Å². The standard InChI is InChI=1S/C16H20N2O2.ClH/c1-11-4-3-5-12(2)15(11)6-7-18-16(19)13-8-14(9-17)20-10-13;/h3-5,8,10H,6-7,9,17H2,1-2H3,(H,18,19);1H. The summed E-state index contributed by atoms with van der Waals surface area (Å²) in [5.74, 6) is 0.490. The Morgan fingerprint density at radius 2 is 1.95 bits per heavy atom. The highest BCUT2D eigenvalue weighted by atomic mass is 35.5. The quantitative estimate of drug-likeness (QED) is 0.892. The van der Waals surface area contributed by atoms with Gasteiger partial charge in [0.15, 0.2) is 0 Å². The van der Waals surface area contributed by atoms with Crippen LogP contribution in [0.25, 0.3) is 0 Å². The van der Waals surface area contributed by atoms with Crippen LogP contribution in [0.4, 0.5) is 0 Å². The molecule has 0 spiro atoms. The number of carbonyl (C=O) groups excluding carboxylic acids is 1. The molecule has 5 heteroatoms. The summed E-state index contributed by atoms with van der Waals surface area (Å²) in [7, 11) is 0. The fraction of sp³-hybridized carbons (Fsp3) is 0.312. The van der Waals surface area contributed by atoms with Crippen LogP contribution in [0.15, 0.2) is 34.9 Å². The highest BCUT2D eigenvalue weighted by molar-refractivity contribution is 5.93. The molecule has 0 aliphatic rings. The number of nitrogens with two attached hydrogens (primary N) is 1. The Morgan fingerprint density at radius 1 is 1.29 bits per heavy atom. The van der Waals surface area contributed by atoms with E-state index in [1.165, 1.54) is 23.0 Å². The predicted molar refractivity (Wildman–Crippen MR) is 85.8 cm³/mol. The summed E-state index contributed by atoms with van der Waals surface area (Å²) < 4.78 is 5.15. The number of aryl methyl sites for hydroxylation is 2. The van der Waals surface area contributed by atoms with Gasteiger partial charge in [0.05, 0.1) is 12.1 Å². The molecule has 0 saturated heterocycles. The van der Waals surface area contributed by atoms with Crippen LogP contribution >= 0.6 is 12.4 Å². The molecule has 0 radical (unpaired) electrons. The van der Waals surface area contributed by atoms with Gasteiger partial charge in [0, 0.05) is 6.54 Å². The normalized spacial score (nSPS) is 10.0. The Bertz CT molecular complexity index is 588. The van der Waals surface area contributed by atoms with Gasteiger partial charge in [0.25, 0.3) is 5.91 Å². The van der Waals surface area contributed by atoms with Gasteiger partial charge in [0.2, 0.25) is 0 Å². The number of benzene rings is 1. The molecule has 1 amide bonds. The Kier molecular flexibility index (Phi) is 6.46. The topological polar surface area (TPSA) is 68.3 Å². The van der Waals surface area contributed by atoms with Gasteiger partial charge in [-0.15, -0.1) is 12.4 Å². The average molecular weight is 309 g/mol. The SMILES string of the molecule is Cc1cccc(C)c1CCNC(=O)c1coc(CN)c1.Cl. The van der Waals surface area contributed by atoms with Crippen molar-refractivity contribution < 1.29 is 9.21 Å². The second kappa shape index (κ2) is 7.86. The minimum Gasteiger partial charge on any atom is -0.467 e. The summed E-state index contributed by atoms with van der Waals surface area (Å²) in [6, 6.07) is 7.91. The molecule has 0 bridgehead atoms. The summed E-state index contributed by atoms with van der Waals surface area (Å²) in [6.45, 7) is 5.09. The molecule has 4 nitrogen and oxygen atoms in total. The summed E-state index contributed by atoms with van der Waals surface area (Å²) >= 11 is 0. The number of amides is 1. The minimum atomic E-state index is -0.125. The Labute approximate surface area is 131 Å². The smallest absolute Gasteiger partial charge is 0.254 e. The molecule has 114 valence electrons. The van der Waals surface area contributed by atoms with Crippen molar-refractivity contribution >= 4 is 18.3 Å². The zero-order chi connectivity index (χ0) is 14.5. The summed E-state index contributed by atoms with van der Waals surface area (Å²) in [4.78, 5) is 11.9. The molecule has 3 N–H and O–H groups in total. The van der Waals surface area contributed by atoms with E-state index in [2.05, 4.69) is 31.3 Å². The first-order chi connectivity index (χ1) is 9.61. The van der Waals surface area contributed by atoms with Crippen molar-refractivity contribution in [2.45, 2.75) is 26.8 Å². The molecular weight excluding hydrogens is 288 g/mol. The summed E-state index contributed by atoms with van der Waals surface area (Å²) in [5, 5.41) is 2.90. The van der Waals surface area contributed by atoms with Gasteiger partial charge in [-0.3, -0.25) is 4.79 Å². The lowest BCUT2D eigenvalue weighted by atomic mass is 10.0. The van der Waals surface area contributed by atoms with Crippen LogP contribution in [0.1, 0.15) is 32.8 Å². The fourth-order valence-corrected chi connectivity index (χ4v) is 2.25. The monoisotopic (exact) mass is 308 g/mol. The molecule has 2 aromatic rings. The van der Waals surface area contributed by atoms with Gasteiger partial charge in [0.1, 0.15) is 12.0 Å². The third-order valence-corrected chi connectivity index (χ3v) is 3.42. The second-order valence-electron chi connectivity index (χ2n) is 4.88. The van der Waals surface area contributed by atoms with Gasteiger partial charge >= 0.3 is 0 Å². The lowest BCUT2D eigenvalue weighted by molar-refractivity contribution is 0.0953. The molecule has 1 aromatic carbocycles. The second-order valence-corrected chi connectivity index (χ2v) is 4.88. The number of nitrogens with one attached hydrogen (secondary N) is 1. The lowest BCUT2D eigenvalue weighted by Gasteiger charge is -2.10. The molecule has 0 fully saturated rings. The largest absolute Gasteiger partial charge is 0.467 e. The molecule has 0 aliphatic heterocycles. The van der Waals surface area contributed by atoms with Crippen molar-refractivity contribution in [3.63, 3.8) is 0 Å². The van der Waals surface area contributed by atoms with Crippen molar-refractivity contribution in [1.82, 2.24) is 5.32 Å². The molecule has 0 unspecified atom stereocenters. The number of furan rings is 1.